The highest BCUT2D eigenvalue weighted by Crippen LogP contribution is 2.22. The van der Waals surface area contributed by atoms with Gasteiger partial charge in [0.05, 0.1) is 6.10 Å². The Balaban J connectivity index is 1.54. The Hall–Kier alpha value is -2.21. The highest BCUT2D eigenvalue weighted by molar-refractivity contribution is 5.80. The Morgan fingerprint density at radius 2 is 2.20 bits per heavy atom. The van der Waals surface area contributed by atoms with Crippen molar-refractivity contribution in [3.8, 4) is 11.4 Å². The number of ether oxygens (including phenoxy) is 1. The van der Waals surface area contributed by atoms with Gasteiger partial charge >= 0.3 is 0 Å². The minimum absolute atomic E-state index is 0.0295. The summed E-state index contributed by atoms with van der Waals surface area (Å²) in [4.78, 5) is 16.6. The average Bonchev–Trinajstić information content (AvgIpc) is 3.20. The van der Waals surface area contributed by atoms with Gasteiger partial charge in [-0.15, -0.1) is 0 Å². The first kappa shape index (κ1) is 17.6. The van der Waals surface area contributed by atoms with Crippen LogP contribution in [0.25, 0.3) is 11.4 Å². The summed E-state index contributed by atoms with van der Waals surface area (Å²) < 4.78 is 6.04. The first-order valence-electron chi connectivity index (χ1n) is 9.14. The van der Waals surface area contributed by atoms with Gasteiger partial charge in [0.15, 0.2) is 5.82 Å². The molecule has 0 radical (unpaired) electrons. The number of aromatic amines is 1. The van der Waals surface area contributed by atoms with Crippen LogP contribution in [0.15, 0.2) is 30.6 Å². The van der Waals surface area contributed by atoms with Crippen molar-refractivity contribution in [1.29, 1.82) is 0 Å². The molecule has 3 rings (SSSR count). The fourth-order valence-corrected chi connectivity index (χ4v) is 3.25. The molecule has 0 saturated heterocycles. The summed E-state index contributed by atoms with van der Waals surface area (Å²) in [6.45, 7) is 2.48. The lowest BCUT2D eigenvalue weighted by Gasteiger charge is -2.26. The van der Waals surface area contributed by atoms with Crippen LogP contribution in [0.3, 0.4) is 0 Å². The summed E-state index contributed by atoms with van der Waals surface area (Å²) in [5.41, 5.74) is 1.98. The number of amides is 1. The van der Waals surface area contributed by atoms with Crippen molar-refractivity contribution in [2.75, 3.05) is 0 Å². The van der Waals surface area contributed by atoms with Gasteiger partial charge in [0, 0.05) is 12.1 Å². The predicted molar refractivity (Wildman–Crippen MR) is 95.7 cm³/mol. The topological polar surface area (TPSA) is 79.9 Å². The van der Waals surface area contributed by atoms with Crippen LogP contribution >= 0.6 is 0 Å². The van der Waals surface area contributed by atoms with Crippen molar-refractivity contribution < 1.29 is 9.53 Å². The molecule has 1 heterocycles. The van der Waals surface area contributed by atoms with E-state index < -0.39 is 0 Å². The number of nitrogens with zero attached hydrogens (tertiary/aromatic N) is 2. The van der Waals surface area contributed by atoms with Crippen LogP contribution in [0.1, 0.15) is 51.0 Å². The van der Waals surface area contributed by atoms with Crippen LogP contribution in [-0.4, -0.2) is 33.3 Å². The van der Waals surface area contributed by atoms with Crippen LogP contribution in [0.4, 0.5) is 0 Å². The monoisotopic (exact) mass is 342 g/mol. The van der Waals surface area contributed by atoms with Gasteiger partial charge in [-0.3, -0.25) is 9.89 Å². The third-order valence-corrected chi connectivity index (χ3v) is 4.65. The Morgan fingerprint density at radius 3 is 2.92 bits per heavy atom. The molecule has 1 aromatic carbocycles. The molecule has 6 heteroatoms. The number of aromatic nitrogens is 3. The number of nitrogens with one attached hydrogen (secondary N) is 2. The van der Waals surface area contributed by atoms with Crippen LogP contribution in [-0.2, 0) is 16.1 Å². The van der Waals surface area contributed by atoms with Crippen LogP contribution < -0.4 is 5.32 Å². The smallest absolute Gasteiger partial charge is 0.249 e. The zero-order chi connectivity index (χ0) is 17.5. The van der Waals surface area contributed by atoms with Crippen molar-refractivity contribution in [2.45, 2.75) is 64.2 Å². The molecule has 1 amide bonds. The lowest BCUT2D eigenvalue weighted by atomic mass is 9.97. The van der Waals surface area contributed by atoms with E-state index in [4.69, 9.17) is 4.74 Å². The molecule has 25 heavy (non-hydrogen) atoms. The molecule has 2 N–H and O–H groups in total. The molecular formula is C19H26N4O2. The first-order valence-corrected chi connectivity index (χ1v) is 9.14. The third-order valence-electron chi connectivity index (χ3n) is 4.65. The van der Waals surface area contributed by atoms with Crippen LogP contribution in [0.5, 0.6) is 0 Å². The van der Waals surface area contributed by atoms with Crippen molar-refractivity contribution in [2.24, 2.45) is 0 Å². The summed E-state index contributed by atoms with van der Waals surface area (Å²) in [5, 5.41) is 9.72. The van der Waals surface area contributed by atoms with Gasteiger partial charge in [-0.05, 0) is 30.9 Å². The van der Waals surface area contributed by atoms with Crippen molar-refractivity contribution >= 4 is 5.91 Å². The summed E-state index contributed by atoms with van der Waals surface area (Å²) >= 11 is 0. The number of H-pyrrole nitrogens is 1. The molecule has 0 bridgehead atoms. The highest BCUT2D eigenvalue weighted by atomic mass is 16.5. The summed E-state index contributed by atoms with van der Waals surface area (Å²) in [6.07, 6.45) is 7.89. The number of rotatable bonds is 7. The van der Waals surface area contributed by atoms with E-state index in [0.717, 1.165) is 29.8 Å². The van der Waals surface area contributed by atoms with Gasteiger partial charge in [0.2, 0.25) is 5.91 Å². The van der Waals surface area contributed by atoms with Crippen molar-refractivity contribution in [1.82, 2.24) is 20.5 Å². The fourth-order valence-electron chi connectivity index (χ4n) is 3.25. The second-order valence-corrected chi connectivity index (χ2v) is 6.55. The lowest BCUT2D eigenvalue weighted by molar-refractivity contribution is -0.138. The molecule has 1 atom stereocenters. The van der Waals surface area contributed by atoms with E-state index in [1.807, 2.05) is 31.2 Å². The van der Waals surface area contributed by atoms with Crippen molar-refractivity contribution in [3.05, 3.63) is 36.2 Å². The molecule has 1 aromatic heterocycles. The highest BCUT2D eigenvalue weighted by Gasteiger charge is 2.23. The SMILES string of the molecule is CC[C@@H](OC1CCCCC1)C(=O)NCc1cccc(-c2ncn[nH]2)c1. The van der Waals surface area contributed by atoms with E-state index in [-0.39, 0.29) is 18.1 Å². The molecule has 0 aliphatic heterocycles. The Kier molecular flexibility index (Phi) is 6.17. The van der Waals surface area contributed by atoms with Gasteiger partial charge in [-0.25, -0.2) is 4.98 Å². The van der Waals surface area contributed by atoms with Gasteiger partial charge in [0.1, 0.15) is 12.4 Å². The third kappa shape index (κ3) is 4.89. The predicted octanol–water partition coefficient (Wildman–Crippen LogP) is 3.22. The number of carbonyl (C=O) groups is 1. The minimum atomic E-state index is -0.361. The Morgan fingerprint density at radius 1 is 1.36 bits per heavy atom. The number of hydrogen-bond donors (Lipinski definition) is 2. The van der Waals surface area contributed by atoms with Gasteiger partial charge < -0.3 is 10.1 Å². The lowest BCUT2D eigenvalue weighted by Crippen LogP contribution is -2.38. The number of hydrogen-bond acceptors (Lipinski definition) is 4. The molecule has 134 valence electrons. The van der Waals surface area contributed by atoms with E-state index in [1.54, 1.807) is 0 Å². The molecule has 1 aliphatic carbocycles. The van der Waals surface area contributed by atoms with Crippen LogP contribution in [0, 0.1) is 0 Å². The molecule has 1 saturated carbocycles. The van der Waals surface area contributed by atoms with E-state index in [0.29, 0.717) is 13.0 Å². The van der Waals surface area contributed by atoms with E-state index in [9.17, 15) is 4.79 Å². The maximum atomic E-state index is 12.5. The minimum Gasteiger partial charge on any atom is -0.365 e. The van der Waals surface area contributed by atoms with Gasteiger partial charge in [-0.2, -0.15) is 5.10 Å². The molecule has 1 fully saturated rings. The molecule has 0 spiro atoms. The largest absolute Gasteiger partial charge is 0.365 e. The zero-order valence-electron chi connectivity index (χ0n) is 14.7. The normalized spacial score (nSPS) is 16.5. The van der Waals surface area contributed by atoms with E-state index in [2.05, 4.69) is 20.5 Å². The quantitative estimate of drug-likeness (QED) is 0.810. The molecule has 0 unspecified atom stereocenters. The Bertz CT molecular complexity index is 666. The van der Waals surface area contributed by atoms with E-state index >= 15 is 0 Å². The zero-order valence-corrected chi connectivity index (χ0v) is 14.7. The Labute approximate surface area is 148 Å². The van der Waals surface area contributed by atoms with Crippen LogP contribution in [0.2, 0.25) is 0 Å². The fraction of sp³-hybridized carbons (Fsp3) is 0.526. The second kappa shape index (κ2) is 8.76. The summed E-state index contributed by atoms with van der Waals surface area (Å²) in [6, 6.07) is 7.91. The molecular weight excluding hydrogens is 316 g/mol. The molecule has 2 aromatic rings. The maximum Gasteiger partial charge on any atom is 0.249 e. The second-order valence-electron chi connectivity index (χ2n) is 6.55. The first-order chi connectivity index (χ1) is 12.3. The maximum absolute atomic E-state index is 12.5. The van der Waals surface area contributed by atoms with Gasteiger partial charge in [-0.1, -0.05) is 44.4 Å². The standard InChI is InChI=1S/C19H26N4O2/c1-2-17(25-16-9-4-3-5-10-16)19(24)20-12-14-7-6-8-15(11-14)18-21-13-22-23-18/h6-8,11,13,16-17H,2-5,9-10,12H2,1H3,(H,20,24)(H,21,22,23)/t17-/m1/s1. The number of benzene rings is 1. The molecule has 6 nitrogen and oxygen atoms in total. The summed E-state index contributed by atoms with van der Waals surface area (Å²) in [5.74, 6) is 0.693. The average molecular weight is 342 g/mol. The van der Waals surface area contributed by atoms with Crippen molar-refractivity contribution in [3.63, 3.8) is 0 Å². The van der Waals surface area contributed by atoms with E-state index in [1.165, 1.54) is 25.6 Å². The summed E-state index contributed by atoms with van der Waals surface area (Å²) in [7, 11) is 0. The van der Waals surface area contributed by atoms with Gasteiger partial charge in [0.25, 0.3) is 0 Å². The number of carbonyl (C=O) groups excluding carboxylic acids is 1. The molecule has 1 aliphatic rings.